The molecule has 0 aromatic heterocycles. The van der Waals surface area contributed by atoms with Crippen LogP contribution in [0.4, 0.5) is 0 Å². The molecule has 1 saturated carbocycles. The van der Waals surface area contributed by atoms with E-state index in [0.29, 0.717) is 18.2 Å². The number of ether oxygens (including phenoxy) is 2. The second-order valence-corrected chi connectivity index (χ2v) is 6.64. The number of carbonyl (C=O) groups is 1. The molecule has 2 aliphatic rings. The zero-order valence-corrected chi connectivity index (χ0v) is 14.3. The van der Waals surface area contributed by atoms with Crippen molar-refractivity contribution in [3.63, 3.8) is 0 Å². The van der Waals surface area contributed by atoms with Gasteiger partial charge in [0.15, 0.2) is 0 Å². The Bertz CT molecular complexity index is 506. The summed E-state index contributed by atoms with van der Waals surface area (Å²) in [5.74, 6) is 0.847. The van der Waals surface area contributed by atoms with E-state index in [0.717, 1.165) is 51.4 Å². The lowest BCUT2D eigenvalue weighted by molar-refractivity contribution is 0.0322. The van der Waals surface area contributed by atoms with E-state index in [-0.39, 0.29) is 5.91 Å². The number of benzene rings is 1. The van der Waals surface area contributed by atoms with E-state index < -0.39 is 0 Å². The normalized spacial score (nSPS) is 19.8. The van der Waals surface area contributed by atoms with Gasteiger partial charge in [0.05, 0.1) is 13.2 Å². The van der Waals surface area contributed by atoms with Crippen molar-refractivity contribution in [2.75, 3.05) is 39.5 Å². The maximum absolute atomic E-state index is 12.3. The molecule has 1 heterocycles. The van der Waals surface area contributed by atoms with Crippen LogP contribution >= 0.6 is 0 Å². The SMILES string of the molecule is O=C(NC1CCCCC1)c1ccc(OCCN2CCOCC2)cc1. The zero-order chi connectivity index (χ0) is 16.6. The zero-order valence-electron chi connectivity index (χ0n) is 14.3. The van der Waals surface area contributed by atoms with Gasteiger partial charge < -0.3 is 14.8 Å². The van der Waals surface area contributed by atoms with Crippen LogP contribution in [0.1, 0.15) is 42.5 Å². The molecular weight excluding hydrogens is 304 g/mol. The van der Waals surface area contributed by atoms with Gasteiger partial charge in [-0.05, 0) is 37.1 Å². The second-order valence-electron chi connectivity index (χ2n) is 6.64. The van der Waals surface area contributed by atoms with Crippen molar-refractivity contribution in [3.05, 3.63) is 29.8 Å². The second kappa shape index (κ2) is 9.04. The molecule has 1 amide bonds. The number of rotatable bonds is 6. The summed E-state index contributed by atoms with van der Waals surface area (Å²) < 4.78 is 11.1. The lowest BCUT2D eigenvalue weighted by Gasteiger charge is -2.26. The van der Waals surface area contributed by atoms with Crippen LogP contribution in [-0.2, 0) is 4.74 Å². The van der Waals surface area contributed by atoms with Crippen LogP contribution < -0.4 is 10.1 Å². The van der Waals surface area contributed by atoms with Crippen molar-refractivity contribution < 1.29 is 14.3 Å². The molecule has 1 aromatic carbocycles. The average molecular weight is 332 g/mol. The number of hydrogen-bond donors (Lipinski definition) is 1. The smallest absolute Gasteiger partial charge is 0.251 e. The maximum atomic E-state index is 12.3. The van der Waals surface area contributed by atoms with Crippen LogP contribution in [0.5, 0.6) is 5.75 Å². The van der Waals surface area contributed by atoms with Gasteiger partial charge in [-0.3, -0.25) is 9.69 Å². The average Bonchev–Trinajstić information content (AvgIpc) is 2.64. The van der Waals surface area contributed by atoms with Crippen molar-refractivity contribution in [3.8, 4) is 5.75 Å². The number of nitrogens with zero attached hydrogens (tertiary/aromatic N) is 1. The minimum absolute atomic E-state index is 0.0294. The van der Waals surface area contributed by atoms with Gasteiger partial charge in [-0.15, -0.1) is 0 Å². The third-order valence-corrected chi connectivity index (χ3v) is 4.84. The van der Waals surface area contributed by atoms with Gasteiger partial charge in [-0.25, -0.2) is 0 Å². The van der Waals surface area contributed by atoms with E-state index in [1.807, 2.05) is 24.3 Å². The molecule has 3 rings (SSSR count). The highest BCUT2D eigenvalue weighted by Gasteiger charge is 2.16. The van der Waals surface area contributed by atoms with E-state index in [9.17, 15) is 4.79 Å². The van der Waals surface area contributed by atoms with Gasteiger partial charge in [0, 0.05) is 31.2 Å². The molecule has 5 heteroatoms. The lowest BCUT2D eigenvalue weighted by atomic mass is 9.95. The van der Waals surface area contributed by atoms with Gasteiger partial charge in [0.25, 0.3) is 5.91 Å². The van der Waals surface area contributed by atoms with Crippen LogP contribution in [0, 0.1) is 0 Å². The first-order chi connectivity index (χ1) is 11.8. The van der Waals surface area contributed by atoms with Gasteiger partial charge in [-0.2, -0.15) is 0 Å². The molecule has 0 atom stereocenters. The minimum Gasteiger partial charge on any atom is -0.492 e. The molecule has 1 aromatic rings. The molecule has 0 spiro atoms. The summed E-state index contributed by atoms with van der Waals surface area (Å²) in [6.45, 7) is 5.14. The first kappa shape index (κ1) is 17.2. The van der Waals surface area contributed by atoms with Gasteiger partial charge in [0.1, 0.15) is 12.4 Å². The molecule has 5 nitrogen and oxygen atoms in total. The molecular formula is C19H28N2O3. The summed E-state index contributed by atoms with van der Waals surface area (Å²) in [5, 5.41) is 3.14. The fraction of sp³-hybridized carbons (Fsp3) is 0.632. The van der Waals surface area contributed by atoms with Crippen LogP contribution in [0.25, 0.3) is 0 Å². The molecule has 24 heavy (non-hydrogen) atoms. The Morgan fingerprint density at radius 1 is 1.12 bits per heavy atom. The van der Waals surface area contributed by atoms with Crippen LogP contribution in [0.3, 0.4) is 0 Å². The first-order valence-electron chi connectivity index (χ1n) is 9.15. The van der Waals surface area contributed by atoms with E-state index in [1.54, 1.807) is 0 Å². The standard InChI is InChI=1S/C19H28N2O3/c22-19(20-17-4-2-1-3-5-17)16-6-8-18(9-7-16)24-15-12-21-10-13-23-14-11-21/h6-9,17H,1-5,10-15H2,(H,20,22). The van der Waals surface area contributed by atoms with Crippen molar-refractivity contribution in [2.24, 2.45) is 0 Å². The highest BCUT2D eigenvalue weighted by Crippen LogP contribution is 2.18. The van der Waals surface area contributed by atoms with Crippen LogP contribution in [0.15, 0.2) is 24.3 Å². The highest BCUT2D eigenvalue weighted by atomic mass is 16.5. The van der Waals surface area contributed by atoms with Crippen molar-refractivity contribution in [1.82, 2.24) is 10.2 Å². The predicted molar refractivity (Wildman–Crippen MR) is 93.5 cm³/mol. The van der Waals surface area contributed by atoms with E-state index in [4.69, 9.17) is 9.47 Å². The molecule has 0 bridgehead atoms. The number of hydrogen-bond acceptors (Lipinski definition) is 4. The lowest BCUT2D eigenvalue weighted by Crippen LogP contribution is -2.38. The quantitative estimate of drug-likeness (QED) is 0.869. The molecule has 0 radical (unpaired) electrons. The van der Waals surface area contributed by atoms with Gasteiger partial charge in [-0.1, -0.05) is 19.3 Å². The van der Waals surface area contributed by atoms with Crippen molar-refractivity contribution in [1.29, 1.82) is 0 Å². The summed E-state index contributed by atoms with van der Waals surface area (Å²) in [6.07, 6.45) is 5.95. The largest absolute Gasteiger partial charge is 0.492 e. The molecule has 1 aliphatic carbocycles. The van der Waals surface area contributed by atoms with Crippen LogP contribution in [-0.4, -0.2) is 56.3 Å². The minimum atomic E-state index is 0.0294. The monoisotopic (exact) mass is 332 g/mol. The summed E-state index contributed by atoms with van der Waals surface area (Å²) in [6, 6.07) is 7.81. The summed E-state index contributed by atoms with van der Waals surface area (Å²) in [7, 11) is 0. The first-order valence-corrected chi connectivity index (χ1v) is 9.15. The number of carbonyl (C=O) groups excluding carboxylic acids is 1. The third-order valence-electron chi connectivity index (χ3n) is 4.84. The molecule has 132 valence electrons. The van der Waals surface area contributed by atoms with E-state index >= 15 is 0 Å². The Kier molecular flexibility index (Phi) is 6.49. The fourth-order valence-electron chi connectivity index (χ4n) is 3.34. The number of amides is 1. The third kappa shape index (κ3) is 5.21. The topological polar surface area (TPSA) is 50.8 Å². The van der Waals surface area contributed by atoms with Crippen LogP contribution in [0.2, 0.25) is 0 Å². The maximum Gasteiger partial charge on any atom is 0.251 e. The van der Waals surface area contributed by atoms with Gasteiger partial charge in [0.2, 0.25) is 0 Å². The summed E-state index contributed by atoms with van der Waals surface area (Å²) >= 11 is 0. The van der Waals surface area contributed by atoms with Crippen molar-refractivity contribution in [2.45, 2.75) is 38.1 Å². The Morgan fingerprint density at radius 2 is 1.83 bits per heavy atom. The highest BCUT2D eigenvalue weighted by molar-refractivity contribution is 5.94. The molecule has 2 fully saturated rings. The number of morpholine rings is 1. The molecule has 1 aliphatic heterocycles. The Morgan fingerprint density at radius 3 is 2.54 bits per heavy atom. The molecule has 0 unspecified atom stereocenters. The predicted octanol–water partition coefficient (Wildman–Crippen LogP) is 2.46. The van der Waals surface area contributed by atoms with E-state index in [1.165, 1.54) is 19.3 Å². The Labute approximate surface area is 144 Å². The summed E-state index contributed by atoms with van der Waals surface area (Å²) in [5.41, 5.74) is 0.709. The Hall–Kier alpha value is -1.59. The summed E-state index contributed by atoms with van der Waals surface area (Å²) in [4.78, 5) is 14.6. The fourth-order valence-corrected chi connectivity index (χ4v) is 3.34. The molecule has 1 saturated heterocycles. The Balaban J connectivity index is 1.41. The number of nitrogens with one attached hydrogen (secondary N) is 1. The van der Waals surface area contributed by atoms with E-state index in [2.05, 4.69) is 10.2 Å². The molecule has 1 N–H and O–H groups in total. The van der Waals surface area contributed by atoms with Crippen molar-refractivity contribution >= 4 is 5.91 Å². The van der Waals surface area contributed by atoms with Gasteiger partial charge >= 0.3 is 0 Å².